The maximum absolute atomic E-state index is 14.9. The van der Waals surface area contributed by atoms with Gasteiger partial charge in [-0.2, -0.15) is 5.26 Å². The van der Waals surface area contributed by atoms with Gasteiger partial charge in [0, 0.05) is 34.6 Å². The molecule has 3 aromatic rings. The van der Waals surface area contributed by atoms with E-state index in [2.05, 4.69) is 6.07 Å². The molecule has 7 heteroatoms. The van der Waals surface area contributed by atoms with Gasteiger partial charge in [0.25, 0.3) is 0 Å². The zero-order valence-electron chi connectivity index (χ0n) is 23.7. The molecule has 0 bridgehead atoms. The number of hydrogen-bond acceptors (Lipinski definition) is 6. The highest BCUT2D eigenvalue weighted by molar-refractivity contribution is 6.20. The molecule has 0 radical (unpaired) electrons. The van der Waals surface area contributed by atoms with Crippen LogP contribution in [-0.2, 0) is 21.5 Å². The molecule has 3 aliphatic rings. The Morgan fingerprint density at radius 3 is 2.37 bits per heavy atom. The molecule has 2 aliphatic heterocycles. The number of anilines is 2. The molecule has 0 saturated carbocycles. The fourth-order valence-electron chi connectivity index (χ4n) is 6.67. The number of nitrogens with two attached hydrogens (primary N) is 1. The second-order valence-electron chi connectivity index (χ2n) is 11.8. The highest BCUT2D eigenvalue weighted by atomic mass is 16.5. The first-order valence-corrected chi connectivity index (χ1v) is 13.7. The van der Waals surface area contributed by atoms with Crippen molar-refractivity contribution in [2.45, 2.75) is 45.6 Å². The Balaban J connectivity index is 1.66. The Kier molecular flexibility index (Phi) is 6.04. The van der Waals surface area contributed by atoms with Gasteiger partial charge in [0.1, 0.15) is 23.1 Å². The molecule has 206 valence electrons. The summed E-state index contributed by atoms with van der Waals surface area (Å²) in [6.07, 6.45) is 0.768. The number of fused-ring (bicyclic) bond motifs is 3. The second-order valence-corrected chi connectivity index (χ2v) is 11.8. The van der Waals surface area contributed by atoms with E-state index in [9.17, 15) is 14.9 Å². The summed E-state index contributed by atoms with van der Waals surface area (Å²) in [6.45, 7) is 6.35. The van der Waals surface area contributed by atoms with Gasteiger partial charge < -0.3 is 15.4 Å². The molecule has 0 fully saturated rings. The Morgan fingerprint density at radius 1 is 1.00 bits per heavy atom. The lowest BCUT2D eigenvalue weighted by Crippen LogP contribution is -2.53. The summed E-state index contributed by atoms with van der Waals surface area (Å²) in [5.41, 5.74) is 9.91. The van der Waals surface area contributed by atoms with Crippen LogP contribution >= 0.6 is 0 Å². The topological polar surface area (TPSA) is 99.7 Å². The third-order valence-corrected chi connectivity index (χ3v) is 8.41. The number of nitrogens with zero attached hydrogens (tertiary/aromatic N) is 3. The van der Waals surface area contributed by atoms with Crippen LogP contribution in [-0.4, -0.2) is 18.8 Å². The summed E-state index contributed by atoms with van der Waals surface area (Å²) in [7, 11) is 1.59. The molecule has 6 rings (SSSR count). The highest BCUT2D eigenvalue weighted by Gasteiger charge is 2.63. The van der Waals surface area contributed by atoms with E-state index in [1.807, 2.05) is 93.6 Å². The lowest BCUT2D eigenvalue weighted by Gasteiger charge is -2.47. The van der Waals surface area contributed by atoms with Crippen LogP contribution in [0.1, 0.15) is 43.4 Å². The zero-order valence-corrected chi connectivity index (χ0v) is 23.7. The SMILES string of the molecule is COc1ccc(N2C(N)=C(C#N)C3(C(=O)N(Cc4ccccc4)c4ccc(C)cc43)C3=C2CC(C)(C)CC3=O)cc1. The number of hydrogen-bond donors (Lipinski definition) is 1. The molecule has 0 aromatic heterocycles. The van der Waals surface area contributed by atoms with Crippen LogP contribution in [0.4, 0.5) is 11.4 Å². The second kappa shape index (κ2) is 9.38. The Bertz CT molecular complexity index is 1700. The van der Waals surface area contributed by atoms with Crippen LogP contribution in [0.15, 0.2) is 95.5 Å². The van der Waals surface area contributed by atoms with Crippen LogP contribution in [0.3, 0.4) is 0 Å². The molecule has 1 aliphatic carbocycles. The molecular formula is C34H32N4O3. The average molecular weight is 545 g/mol. The van der Waals surface area contributed by atoms with Crippen LogP contribution < -0.4 is 20.3 Å². The maximum atomic E-state index is 14.9. The van der Waals surface area contributed by atoms with Gasteiger partial charge in [0.2, 0.25) is 5.91 Å². The van der Waals surface area contributed by atoms with Gasteiger partial charge in [-0.3, -0.25) is 14.5 Å². The normalized spacial score (nSPS) is 21.2. The largest absolute Gasteiger partial charge is 0.497 e. The van der Waals surface area contributed by atoms with Crippen LogP contribution in [0.25, 0.3) is 0 Å². The summed E-state index contributed by atoms with van der Waals surface area (Å²) in [5, 5.41) is 10.8. The molecular weight excluding hydrogens is 512 g/mol. The summed E-state index contributed by atoms with van der Waals surface area (Å²) >= 11 is 0. The lowest BCUT2D eigenvalue weighted by atomic mass is 9.60. The van der Waals surface area contributed by atoms with Crippen molar-refractivity contribution in [1.29, 1.82) is 5.26 Å². The number of Topliss-reactive ketones (excluding diaryl/α,β-unsaturated/α-hetero) is 1. The number of rotatable bonds is 4. The third-order valence-electron chi connectivity index (χ3n) is 8.41. The van der Waals surface area contributed by atoms with Crippen LogP contribution in [0.5, 0.6) is 5.75 Å². The number of amides is 1. The van der Waals surface area contributed by atoms with E-state index in [0.29, 0.717) is 46.9 Å². The number of benzene rings is 3. The monoisotopic (exact) mass is 544 g/mol. The van der Waals surface area contributed by atoms with Crippen molar-refractivity contribution in [3.8, 4) is 11.8 Å². The first-order chi connectivity index (χ1) is 19.6. The molecule has 3 aromatic carbocycles. The van der Waals surface area contributed by atoms with E-state index < -0.39 is 5.41 Å². The molecule has 1 unspecified atom stereocenters. The van der Waals surface area contributed by atoms with Crippen molar-refractivity contribution in [3.05, 3.63) is 112 Å². The first-order valence-electron chi connectivity index (χ1n) is 13.7. The van der Waals surface area contributed by atoms with Crippen LogP contribution in [0, 0.1) is 23.7 Å². The predicted molar refractivity (Wildman–Crippen MR) is 158 cm³/mol. The minimum Gasteiger partial charge on any atom is -0.497 e. The van der Waals surface area contributed by atoms with Crippen molar-refractivity contribution < 1.29 is 14.3 Å². The van der Waals surface area contributed by atoms with Crippen molar-refractivity contribution in [3.63, 3.8) is 0 Å². The Labute approximate surface area is 240 Å². The Hall–Kier alpha value is -4.83. The lowest BCUT2D eigenvalue weighted by molar-refractivity contribution is -0.125. The average Bonchev–Trinajstić information content (AvgIpc) is 3.16. The molecule has 7 nitrogen and oxygen atoms in total. The summed E-state index contributed by atoms with van der Waals surface area (Å²) in [5.74, 6) is 0.365. The standard InChI is InChI=1S/C34H32N4O3/c1-21-10-15-27-25(16-21)34(32(40)37(27)20-22-8-6-5-7-9-22)26(19-35)31(36)38(23-11-13-24(41-4)14-12-23)28-17-33(2,3)18-29(39)30(28)34/h5-16H,17-18,20,36H2,1-4H3. The number of carbonyl (C=O) groups excluding carboxylic acids is 2. The number of allylic oxidation sites excluding steroid dienone is 1. The van der Waals surface area contributed by atoms with Crippen molar-refractivity contribution in [2.75, 3.05) is 16.9 Å². The maximum Gasteiger partial charge on any atom is 0.248 e. The Morgan fingerprint density at radius 2 is 1.71 bits per heavy atom. The van der Waals surface area contributed by atoms with Gasteiger partial charge in [0.15, 0.2) is 5.78 Å². The number of methoxy groups -OCH3 is 1. The minimum atomic E-state index is -1.62. The number of ketones is 1. The van der Waals surface area contributed by atoms with Gasteiger partial charge >= 0.3 is 0 Å². The quantitative estimate of drug-likeness (QED) is 0.456. The van der Waals surface area contributed by atoms with Crippen molar-refractivity contribution in [1.82, 2.24) is 0 Å². The predicted octanol–water partition coefficient (Wildman–Crippen LogP) is 5.65. The van der Waals surface area contributed by atoms with E-state index in [0.717, 1.165) is 11.1 Å². The fourth-order valence-corrected chi connectivity index (χ4v) is 6.67. The third kappa shape index (κ3) is 3.86. The summed E-state index contributed by atoms with van der Waals surface area (Å²) < 4.78 is 5.35. The molecule has 1 amide bonds. The number of carbonyl (C=O) groups is 2. The summed E-state index contributed by atoms with van der Waals surface area (Å²) in [4.78, 5) is 32.7. The first kappa shape index (κ1) is 26.4. The molecule has 0 saturated heterocycles. The van der Waals surface area contributed by atoms with Crippen molar-refractivity contribution in [2.24, 2.45) is 11.1 Å². The van der Waals surface area contributed by atoms with E-state index in [4.69, 9.17) is 10.5 Å². The zero-order chi connectivity index (χ0) is 29.1. The van der Waals surface area contributed by atoms with Crippen molar-refractivity contribution >= 4 is 23.1 Å². The molecule has 2 heterocycles. The molecule has 1 atom stereocenters. The van der Waals surface area contributed by atoms with Gasteiger partial charge in [-0.15, -0.1) is 0 Å². The molecule has 2 N–H and O–H groups in total. The highest BCUT2D eigenvalue weighted by Crippen LogP contribution is 2.58. The molecule has 41 heavy (non-hydrogen) atoms. The summed E-state index contributed by atoms with van der Waals surface area (Å²) in [6, 6.07) is 25.2. The number of ether oxygens (including phenoxy) is 1. The van der Waals surface area contributed by atoms with E-state index in [1.165, 1.54) is 0 Å². The molecule has 1 spiro atoms. The fraction of sp³-hybridized carbons (Fsp3) is 0.265. The van der Waals surface area contributed by atoms with Gasteiger partial charge in [-0.05, 0) is 54.7 Å². The van der Waals surface area contributed by atoms with E-state index >= 15 is 0 Å². The van der Waals surface area contributed by atoms with Gasteiger partial charge in [0.05, 0.1) is 19.2 Å². The van der Waals surface area contributed by atoms with E-state index in [-0.39, 0.29) is 34.9 Å². The van der Waals surface area contributed by atoms with Gasteiger partial charge in [-0.25, -0.2) is 0 Å². The van der Waals surface area contributed by atoms with E-state index in [1.54, 1.807) is 16.9 Å². The number of nitriles is 1. The minimum absolute atomic E-state index is 0.0764. The van der Waals surface area contributed by atoms with Crippen LogP contribution in [0.2, 0.25) is 0 Å². The smallest absolute Gasteiger partial charge is 0.248 e. The van der Waals surface area contributed by atoms with Gasteiger partial charge in [-0.1, -0.05) is 61.9 Å². The number of aryl methyl sites for hydroxylation is 1.